The lowest BCUT2D eigenvalue weighted by atomic mass is 9.96. The fraction of sp³-hybridized carbons (Fsp3) is 0.571. The summed E-state index contributed by atoms with van der Waals surface area (Å²) in [6.45, 7) is 2.16. The minimum Gasteiger partial charge on any atom is -0.328 e. The maximum absolute atomic E-state index is 5.91. The third-order valence-corrected chi connectivity index (χ3v) is 4.73. The number of benzene rings is 1. The number of hydrogen-bond acceptors (Lipinski definition) is 2. The lowest BCUT2D eigenvalue weighted by molar-refractivity contribution is 0.450. The van der Waals surface area contributed by atoms with Gasteiger partial charge in [-0.15, -0.1) is 0 Å². The highest BCUT2D eigenvalue weighted by atomic mass is 32.2. The van der Waals surface area contributed by atoms with Gasteiger partial charge in [0.2, 0.25) is 0 Å². The van der Waals surface area contributed by atoms with Gasteiger partial charge in [-0.05, 0) is 38.2 Å². The average molecular weight is 235 g/mol. The second-order valence-corrected chi connectivity index (χ2v) is 6.13. The fourth-order valence-electron chi connectivity index (χ4n) is 2.27. The Bertz CT molecular complexity index is 329. The van der Waals surface area contributed by atoms with Crippen molar-refractivity contribution in [3.05, 3.63) is 35.4 Å². The Morgan fingerprint density at radius 3 is 2.69 bits per heavy atom. The van der Waals surface area contributed by atoms with Crippen LogP contribution < -0.4 is 5.73 Å². The van der Waals surface area contributed by atoms with Crippen molar-refractivity contribution < 1.29 is 0 Å². The Morgan fingerprint density at radius 2 is 2.00 bits per heavy atom. The van der Waals surface area contributed by atoms with E-state index in [9.17, 15) is 0 Å². The molecule has 1 aromatic carbocycles. The zero-order valence-electron chi connectivity index (χ0n) is 9.99. The van der Waals surface area contributed by atoms with Gasteiger partial charge in [0.05, 0.1) is 0 Å². The number of thioether (sulfide) groups is 1. The number of nitrogens with two attached hydrogens (primary N) is 1. The molecule has 1 aromatic rings. The predicted octanol–water partition coefficient (Wildman–Crippen LogP) is 3.50. The third kappa shape index (κ3) is 3.53. The van der Waals surface area contributed by atoms with Crippen molar-refractivity contribution >= 4 is 11.8 Å². The molecule has 0 saturated heterocycles. The fourth-order valence-corrected chi connectivity index (χ4v) is 3.48. The molecule has 0 atom stereocenters. The first-order valence-electron chi connectivity index (χ1n) is 6.17. The van der Waals surface area contributed by atoms with E-state index in [1.54, 1.807) is 0 Å². The largest absolute Gasteiger partial charge is 0.328 e. The summed E-state index contributed by atoms with van der Waals surface area (Å²) >= 11 is 2.11. The van der Waals surface area contributed by atoms with Gasteiger partial charge >= 0.3 is 0 Å². The molecule has 0 radical (unpaired) electrons. The van der Waals surface area contributed by atoms with Crippen molar-refractivity contribution in [2.75, 3.05) is 0 Å². The van der Waals surface area contributed by atoms with Gasteiger partial charge in [0, 0.05) is 17.0 Å². The summed E-state index contributed by atoms with van der Waals surface area (Å²) in [5, 5.41) is 0.834. The lowest BCUT2D eigenvalue weighted by Crippen LogP contribution is -2.27. The number of aryl methyl sites for hydroxylation is 1. The molecule has 88 valence electrons. The van der Waals surface area contributed by atoms with E-state index in [-0.39, 0.29) is 0 Å². The molecule has 0 bridgehead atoms. The summed E-state index contributed by atoms with van der Waals surface area (Å²) in [7, 11) is 0. The highest BCUT2D eigenvalue weighted by Gasteiger charge is 2.18. The quantitative estimate of drug-likeness (QED) is 0.868. The van der Waals surface area contributed by atoms with E-state index in [4.69, 9.17) is 5.73 Å². The summed E-state index contributed by atoms with van der Waals surface area (Å²) in [4.78, 5) is 0. The standard InChI is InChI=1S/C14H21NS/c1-11-3-2-4-12(9-11)10-16-14-7-5-13(15)6-8-14/h2-4,9,13-14H,5-8,10,15H2,1H3. The van der Waals surface area contributed by atoms with Gasteiger partial charge in [-0.3, -0.25) is 0 Å². The van der Waals surface area contributed by atoms with Crippen LogP contribution in [0.2, 0.25) is 0 Å². The Labute approximate surface area is 103 Å². The van der Waals surface area contributed by atoms with Gasteiger partial charge in [0.15, 0.2) is 0 Å². The second-order valence-electron chi connectivity index (χ2n) is 4.84. The molecule has 2 heteroatoms. The van der Waals surface area contributed by atoms with Crippen molar-refractivity contribution in [3.8, 4) is 0 Å². The van der Waals surface area contributed by atoms with Crippen LogP contribution in [0.5, 0.6) is 0 Å². The van der Waals surface area contributed by atoms with Crippen molar-refractivity contribution in [2.24, 2.45) is 5.73 Å². The van der Waals surface area contributed by atoms with E-state index in [1.165, 1.54) is 36.8 Å². The Kier molecular flexibility index (Phi) is 4.30. The Morgan fingerprint density at radius 1 is 1.25 bits per heavy atom. The van der Waals surface area contributed by atoms with Crippen LogP contribution in [0.3, 0.4) is 0 Å². The van der Waals surface area contributed by atoms with Crippen LogP contribution >= 0.6 is 11.8 Å². The van der Waals surface area contributed by atoms with Crippen molar-refractivity contribution in [1.29, 1.82) is 0 Å². The van der Waals surface area contributed by atoms with Gasteiger partial charge in [-0.1, -0.05) is 29.8 Å². The summed E-state index contributed by atoms with van der Waals surface area (Å²) in [6, 6.07) is 9.31. The third-order valence-electron chi connectivity index (χ3n) is 3.29. The summed E-state index contributed by atoms with van der Waals surface area (Å²) < 4.78 is 0. The van der Waals surface area contributed by atoms with Crippen LogP contribution in [-0.4, -0.2) is 11.3 Å². The van der Waals surface area contributed by atoms with Crippen LogP contribution in [0.4, 0.5) is 0 Å². The van der Waals surface area contributed by atoms with E-state index in [1.807, 2.05) is 0 Å². The summed E-state index contributed by atoms with van der Waals surface area (Å²) in [5.74, 6) is 1.15. The van der Waals surface area contributed by atoms with Crippen LogP contribution in [0.1, 0.15) is 36.8 Å². The van der Waals surface area contributed by atoms with Crippen molar-refractivity contribution in [2.45, 2.75) is 49.7 Å². The van der Waals surface area contributed by atoms with Gasteiger partial charge < -0.3 is 5.73 Å². The average Bonchev–Trinajstić information content (AvgIpc) is 2.28. The highest BCUT2D eigenvalue weighted by Crippen LogP contribution is 2.30. The summed E-state index contributed by atoms with van der Waals surface area (Å²) in [5.41, 5.74) is 8.74. The zero-order chi connectivity index (χ0) is 11.4. The number of hydrogen-bond donors (Lipinski definition) is 1. The van der Waals surface area contributed by atoms with Gasteiger partial charge in [-0.25, -0.2) is 0 Å². The first-order valence-corrected chi connectivity index (χ1v) is 7.21. The maximum atomic E-state index is 5.91. The molecule has 16 heavy (non-hydrogen) atoms. The minimum absolute atomic E-state index is 0.468. The van der Waals surface area contributed by atoms with Crippen LogP contribution in [-0.2, 0) is 5.75 Å². The molecule has 1 saturated carbocycles. The molecule has 1 fully saturated rings. The minimum atomic E-state index is 0.468. The molecule has 0 aromatic heterocycles. The SMILES string of the molecule is Cc1cccc(CSC2CCC(N)CC2)c1. The monoisotopic (exact) mass is 235 g/mol. The molecule has 1 nitrogen and oxygen atoms in total. The molecular formula is C14H21NS. The second kappa shape index (κ2) is 5.74. The lowest BCUT2D eigenvalue weighted by Gasteiger charge is -2.25. The van der Waals surface area contributed by atoms with E-state index >= 15 is 0 Å². The first kappa shape index (κ1) is 12.0. The maximum Gasteiger partial charge on any atom is 0.0187 e. The van der Waals surface area contributed by atoms with Crippen molar-refractivity contribution in [1.82, 2.24) is 0 Å². The van der Waals surface area contributed by atoms with Crippen molar-refractivity contribution in [3.63, 3.8) is 0 Å². The van der Waals surface area contributed by atoms with E-state index < -0.39 is 0 Å². The van der Waals surface area contributed by atoms with Gasteiger partial charge in [0.25, 0.3) is 0 Å². The molecule has 1 aliphatic rings. The highest BCUT2D eigenvalue weighted by molar-refractivity contribution is 7.99. The van der Waals surface area contributed by atoms with Crippen LogP contribution in [0.15, 0.2) is 24.3 Å². The molecule has 0 aliphatic heterocycles. The molecule has 0 spiro atoms. The first-order chi connectivity index (χ1) is 7.74. The van der Waals surface area contributed by atoms with Crippen LogP contribution in [0, 0.1) is 6.92 Å². The molecule has 0 amide bonds. The predicted molar refractivity (Wildman–Crippen MR) is 72.7 cm³/mol. The Hall–Kier alpha value is -0.470. The number of rotatable bonds is 3. The van der Waals surface area contributed by atoms with Crippen LogP contribution in [0.25, 0.3) is 0 Å². The topological polar surface area (TPSA) is 26.0 Å². The zero-order valence-corrected chi connectivity index (χ0v) is 10.8. The van der Waals surface area contributed by atoms with E-state index in [0.29, 0.717) is 6.04 Å². The molecule has 1 aliphatic carbocycles. The molecular weight excluding hydrogens is 214 g/mol. The van der Waals surface area contributed by atoms with Gasteiger partial charge in [0.1, 0.15) is 0 Å². The summed E-state index contributed by atoms with van der Waals surface area (Å²) in [6.07, 6.45) is 5.03. The molecule has 0 unspecified atom stereocenters. The normalized spacial score (nSPS) is 25.6. The Balaban J connectivity index is 1.79. The van der Waals surface area contributed by atoms with E-state index in [2.05, 4.69) is 43.0 Å². The smallest absolute Gasteiger partial charge is 0.0187 e. The van der Waals surface area contributed by atoms with E-state index in [0.717, 1.165) is 11.0 Å². The molecule has 2 N–H and O–H groups in total. The molecule has 0 heterocycles. The molecule has 2 rings (SSSR count). The van der Waals surface area contributed by atoms with Gasteiger partial charge in [-0.2, -0.15) is 11.8 Å².